The van der Waals surface area contributed by atoms with Gasteiger partial charge in [0.15, 0.2) is 0 Å². The molecule has 37 heavy (non-hydrogen) atoms. The number of hydrogen-bond acceptors (Lipinski definition) is 4. The van der Waals surface area contributed by atoms with Gasteiger partial charge in [0, 0.05) is 12.6 Å². The van der Waals surface area contributed by atoms with Crippen molar-refractivity contribution < 1.29 is 31.8 Å². The van der Waals surface area contributed by atoms with E-state index in [1.807, 2.05) is 39.0 Å². The number of alkyl carbamates (subject to hydrolysis) is 1. The van der Waals surface area contributed by atoms with Crippen molar-refractivity contribution in [3.05, 3.63) is 94.8 Å². The van der Waals surface area contributed by atoms with Crippen LogP contribution in [0.3, 0.4) is 0 Å². The van der Waals surface area contributed by atoms with Crippen molar-refractivity contribution in [2.45, 2.75) is 45.3 Å². The van der Waals surface area contributed by atoms with Gasteiger partial charge in [-0.1, -0.05) is 74.8 Å². The molecule has 3 aromatic rings. The SMILES string of the molecule is CC(C)(C)COC(=O)N[C@@](Cc1ccccc1)(c1cccc(OC(F)(F)C(F)F)c1)c1ccc(Cl)cn1. The van der Waals surface area contributed by atoms with Gasteiger partial charge in [0.1, 0.15) is 11.3 Å². The Balaban J connectivity index is 2.16. The van der Waals surface area contributed by atoms with E-state index in [0.29, 0.717) is 10.7 Å². The highest BCUT2D eigenvalue weighted by molar-refractivity contribution is 6.30. The van der Waals surface area contributed by atoms with E-state index in [4.69, 9.17) is 16.3 Å². The summed E-state index contributed by atoms with van der Waals surface area (Å²) in [7, 11) is 0. The van der Waals surface area contributed by atoms with E-state index < -0.39 is 29.9 Å². The second-order valence-electron chi connectivity index (χ2n) is 9.68. The minimum absolute atomic E-state index is 0.0953. The molecule has 1 aromatic heterocycles. The highest BCUT2D eigenvalue weighted by Gasteiger charge is 2.45. The third-order valence-electron chi connectivity index (χ3n) is 5.26. The average molecular weight is 539 g/mol. The zero-order valence-electron chi connectivity index (χ0n) is 20.5. The number of ether oxygens (including phenoxy) is 2. The number of rotatable bonds is 9. The van der Waals surface area contributed by atoms with Crippen molar-refractivity contribution >= 4 is 17.7 Å². The van der Waals surface area contributed by atoms with Crippen molar-refractivity contribution in [3.63, 3.8) is 0 Å². The number of nitrogens with zero attached hydrogens (tertiary/aromatic N) is 1. The Kier molecular flexibility index (Phi) is 8.68. The zero-order valence-corrected chi connectivity index (χ0v) is 21.2. The second kappa shape index (κ2) is 11.4. The molecular formula is C27H27ClF4N2O3. The van der Waals surface area contributed by atoms with Crippen LogP contribution in [-0.2, 0) is 16.7 Å². The van der Waals surface area contributed by atoms with Gasteiger partial charge in [0.05, 0.1) is 17.3 Å². The molecule has 0 fully saturated rings. The van der Waals surface area contributed by atoms with Crippen LogP contribution < -0.4 is 10.1 Å². The Morgan fingerprint density at radius 1 is 1.03 bits per heavy atom. The number of carbonyl (C=O) groups is 1. The van der Waals surface area contributed by atoms with E-state index in [1.165, 1.54) is 18.3 Å². The fourth-order valence-electron chi connectivity index (χ4n) is 3.57. The number of pyridine rings is 1. The molecule has 0 radical (unpaired) electrons. The summed E-state index contributed by atoms with van der Waals surface area (Å²) in [5.41, 5.74) is -0.472. The lowest BCUT2D eigenvalue weighted by Gasteiger charge is -2.35. The number of carbonyl (C=O) groups excluding carboxylic acids is 1. The Morgan fingerprint density at radius 2 is 1.73 bits per heavy atom. The fourth-order valence-corrected chi connectivity index (χ4v) is 3.68. The molecule has 5 nitrogen and oxygen atoms in total. The highest BCUT2D eigenvalue weighted by atomic mass is 35.5. The Hall–Kier alpha value is -3.33. The summed E-state index contributed by atoms with van der Waals surface area (Å²) >= 11 is 6.05. The minimum Gasteiger partial charge on any atom is -0.449 e. The number of halogens is 5. The lowest BCUT2D eigenvalue weighted by molar-refractivity contribution is -0.253. The minimum atomic E-state index is -4.71. The summed E-state index contributed by atoms with van der Waals surface area (Å²) in [5.74, 6) is -0.515. The van der Waals surface area contributed by atoms with Crippen molar-refractivity contribution in [3.8, 4) is 5.75 Å². The molecule has 2 aromatic carbocycles. The molecular weight excluding hydrogens is 512 g/mol. The predicted molar refractivity (Wildman–Crippen MR) is 132 cm³/mol. The molecule has 0 unspecified atom stereocenters. The van der Waals surface area contributed by atoms with E-state index in [-0.39, 0.29) is 24.0 Å². The van der Waals surface area contributed by atoms with Gasteiger partial charge in [-0.2, -0.15) is 17.6 Å². The van der Waals surface area contributed by atoms with E-state index in [1.54, 1.807) is 30.3 Å². The summed E-state index contributed by atoms with van der Waals surface area (Å²) in [6.45, 7) is 5.77. The molecule has 1 atom stereocenters. The molecule has 0 aliphatic heterocycles. The molecule has 0 bridgehead atoms. The monoisotopic (exact) mass is 538 g/mol. The molecule has 1 N–H and O–H groups in total. The van der Waals surface area contributed by atoms with Gasteiger partial charge < -0.3 is 14.8 Å². The van der Waals surface area contributed by atoms with Crippen LogP contribution >= 0.6 is 11.6 Å². The van der Waals surface area contributed by atoms with Crippen LogP contribution in [0.1, 0.15) is 37.6 Å². The van der Waals surface area contributed by atoms with Crippen molar-refractivity contribution in [1.29, 1.82) is 0 Å². The van der Waals surface area contributed by atoms with Crippen LogP contribution in [0, 0.1) is 5.41 Å². The standard InChI is InChI=1S/C27H27ClF4N2O3/c1-25(2,3)17-36-24(35)34-26(15-18-8-5-4-6-9-18,22-13-12-20(28)16-33-22)19-10-7-11-21(14-19)37-27(31,32)23(29)30/h4-14,16,23H,15,17H2,1-3H3,(H,34,35)/t26-/m0/s1. The topological polar surface area (TPSA) is 60.5 Å². The Labute approximate surface area is 217 Å². The lowest BCUT2D eigenvalue weighted by atomic mass is 9.80. The van der Waals surface area contributed by atoms with Gasteiger partial charge in [-0.3, -0.25) is 4.98 Å². The van der Waals surface area contributed by atoms with Gasteiger partial charge in [-0.25, -0.2) is 4.79 Å². The highest BCUT2D eigenvalue weighted by Crippen LogP contribution is 2.36. The molecule has 0 saturated heterocycles. The number of amides is 1. The maximum atomic E-state index is 13.7. The van der Waals surface area contributed by atoms with Crippen LogP contribution in [0.25, 0.3) is 0 Å². The first kappa shape index (κ1) is 28.2. The van der Waals surface area contributed by atoms with E-state index in [9.17, 15) is 22.4 Å². The first-order valence-corrected chi connectivity index (χ1v) is 11.7. The van der Waals surface area contributed by atoms with Crippen LogP contribution in [0.5, 0.6) is 5.75 Å². The first-order valence-electron chi connectivity index (χ1n) is 11.4. The summed E-state index contributed by atoms with van der Waals surface area (Å²) in [5, 5.41) is 3.19. The molecule has 198 valence electrons. The molecule has 0 aliphatic carbocycles. The molecule has 0 aliphatic rings. The van der Waals surface area contributed by atoms with Crippen LogP contribution in [0.4, 0.5) is 22.4 Å². The molecule has 1 heterocycles. The number of aromatic nitrogens is 1. The van der Waals surface area contributed by atoms with E-state index in [0.717, 1.165) is 11.6 Å². The lowest BCUT2D eigenvalue weighted by Crippen LogP contribution is -2.49. The molecule has 3 rings (SSSR count). The molecule has 0 spiro atoms. The third-order valence-corrected chi connectivity index (χ3v) is 5.49. The number of alkyl halides is 4. The zero-order chi connectivity index (χ0) is 27.3. The van der Waals surface area contributed by atoms with E-state index in [2.05, 4.69) is 15.0 Å². The predicted octanol–water partition coefficient (Wildman–Crippen LogP) is 7.23. The fraction of sp³-hybridized carbons (Fsp3) is 0.333. The van der Waals surface area contributed by atoms with Crippen LogP contribution in [0.2, 0.25) is 5.02 Å². The largest absolute Gasteiger partial charge is 0.461 e. The number of nitrogens with one attached hydrogen (secondary N) is 1. The number of benzene rings is 2. The maximum Gasteiger partial charge on any atom is 0.461 e. The third kappa shape index (κ3) is 7.58. The Bertz CT molecular complexity index is 1190. The average Bonchev–Trinajstić information content (AvgIpc) is 2.83. The van der Waals surface area contributed by atoms with Gasteiger partial charge in [-0.15, -0.1) is 0 Å². The summed E-state index contributed by atoms with van der Waals surface area (Å²) in [6, 6.07) is 17.4. The van der Waals surface area contributed by atoms with Gasteiger partial charge in [0.25, 0.3) is 0 Å². The number of hydrogen-bond donors (Lipinski definition) is 1. The normalized spacial score (nSPS) is 13.6. The van der Waals surface area contributed by atoms with Gasteiger partial charge in [0.2, 0.25) is 0 Å². The Morgan fingerprint density at radius 3 is 2.32 bits per heavy atom. The van der Waals surface area contributed by atoms with Crippen molar-refractivity contribution in [2.24, 2.45) is 5.41 Å². The van der Waals surface area contributed by atoms with Crippen molar-refractivity contribution in [2.75, 3.05) is 6.61 Å². The second-order valence-corrected chi connectivity index (χ2v) is 10.1. The van der Waals surface area contributed by atoms with Crippen molar-refractivity contribution in [1.82, 2.24) is 10.3 Å². The van der Waals surface area contributed by atoms with E-state index >= 15 is 0 Å². The maximum absolute atomic E-state index is 13.7. The summed E-state index contributed by atoms with van der Waals surface area (Å²) in [6.07, 6.45) is -8.04. The summed E-state index contributed by atoms with van der Waals surface area (Å²) in [4.78, 5) is 17.5. The first-order chi connectivity index (χ1) is 17.3. The van der Waals surface area contributed by atoms with Crippen LogP contribution in [0.15, 0.2) is 72.9 Å². The molecule has 1 amide bonds. The van der Waals surface area contributed by atoms with Gasteiger partial charge in [-0.05, 0) is 40.8 Å². The molecule has 0 saturated carbocycles. The summed E-state index contributed by atoms with van der Waals surface area (Å²) < 4.78 is 62.8. The molecule has 10 heteroatoms. The quantitative estimate of drug-likeness (QED) is 0.292. The smallest absolute Gasteiger partial charge is 0.449 e. The van der Waals surface area contributed by atoms with Gasteiger partial charge >= 0.3 is 18.6 Å². The van der Waals surface area contributed by atoms with Crippen LogP contribution in [-0.4, -0.2) is 30.2 Å².